The van der Waals surface area contributed by atoms with E-state index in [1.54, 1.807) is 0 Å². The Hall–Kier alpha value is -0.680. The smallest absolute Gasteiger partial charge is 0.469 e. The Kier molecular flexibility index (Phi) is 4.87. The van der Waals surface area contributed by atoms with E-state index in [2.05, 4.69) is 4.52 Å². The lowest BCUT2D eigenvalue weighted by atomic mass is 10.2. The third-order valence-corrected chi connectivity index (χ3v) is 1.68. The molecule has 0 aromatic heterocycles. The molecule has 7 heteroatoms. The Bertz CT molecular complexity index is 252. The van der Waals surface area contributed by atoms with Crippen LogP contribution in [0.1, 0.15) is 13.3 Å². The van der Waals surface area contributed by atoms with Crippen LogP contribution < -0.4 is 0 Å². The van der Waals surface area contributed by atoms with Crippen LogP contribution in [0.5, 0.6) is 0 Å². The van der Waals surface area contributed by atoms with E-state index < -0.39 is 13.8 Å². The number of aliphatic carboxylic acids is 1. The Morgan fingerprint density at radius 3 is 2.46 bits per heavy atom. The number of carbonyl (C=O) groups is 1. The molecular formula is C6H11O6P. The molecule has 0 atom stereocenters. The standard InChI is InChI=1S/C6H11O6P/c1-5(6(7)8)3-2-4-12-13(9,10)11/h3H,2,4H2,1H3,(H,7,8)(H2,9,10,11). The average Bonchev–Trinajstić information content (AvgIpc) is 1.95. The van der Waals surface area contributed by atoms with Crippen molar-refractivity contribution in [3.05, 3.63) is 11.6 Å². The van der Waals surface area contributed by atoms with Gasteiger partial charge in [-0.05, 0) is 13.3 Å². The molecule has 0 spiro atoms. The van der Waals surface area contributed by atoms with Gasteiger partial charge >= 0.3 is 13.8 Å². The van der Waals surface area contributed by atoms with Gasteiger partial charge in [-0.1, -0.05) is 6.08 Å². The summed E-state index contributed by atoms with van der Waals surface area (Å²) in [4.78, 5) is 26.7. The first kappa shape index (κ1) is 12.3. The van der Waals surface area contributed by atoms with Gasteiger partial charge in [0.25, 0.3) is 0 Å². The van der Waals surface area contributed by atoms with Crippen LogP contribution in [0.2, 0.25) is 0 Å². The van der Waals surface area contributed by atoms with Gasteiger partial charge in [0, 0.05) is 5.57 Å². The maximum Gasteiger partial charge on any atom is 0.469 e. The van der Waals surface area contributed by atoms with Crippen molar-refractivity contribution in [2.24, 2.45) is 0 Å². The number of hydrogen-bond acceptors (Lipinski definition) is 3. The summed E-state index contributed by atoms with van der Waals surface area (Å²) in [6, 6.07) is 0. The van der Waals surface area contributed by atoms with Crippen molar-refractivity contribution in [1.29, 1.82) is 0 Å². The van der Waals surface area contributed by atoms with Gasteiger partial charge in [0.05, 0.1) is 6.61 Å². The molecule has 0 aliphatic heterocycles. The fourth-order valence-electron chi connectivity index (χ4n) is 0.534. The van der Waals surface area contributed by atoms with Crippen molar-refractivity contribution in [1.82, 2.24) is 0 Å². The zero-order valence-electron chi connectivity index (χ0n) is 7.01. The van der Waals surface area contributed by atoms with Crippen molar-refractivity contribution in [3.63, 3.8) is 0 Å². The fraction of sp³-hybridized carbons (Fsp3) is 0.500. The van der Waals surface area contributed by atoms with E-state index in [-0.39, 0.29) is 18.6 Å². The SMILES string of the molecule is CC(=CCCOP(=O)(O)O)C(=O)O. The van der Waals surface area contributed by atoms with Gasteiger partial charge in [-0.3, -0.25) is 4.52 Å². The third-order valence-electron chi connectivity index (χ3n) is 1.17. The van der Waals surface area contributed by atoms with Crippen LogP contribution in [0, 0.1) is 0 Å². The summed E-state index contributed by atoms with van der Waals surface area (Å²) in [5.74, 6) is -1.06. The summed E-state index contributed by atoms with van der Waals surface area (Å²) in [5.41, 5.74) is 0.120. The molecule has 3 N–H and O–H groups in total. The van der Waals surface area contributed by atoms with E-state index >= 15 is 0 Å². The summed E-state index contributed by atoms with van der Waals surface area (Å²) in [7, 11) is -4.43. The molecule has 0 aromatic carbocycles. The van der Waals surface area contributed by atoms with Gasteiger partial charge in [0.2, 0.25) is 0 Å². The molecule has 0 fully saturated rings. The molecule has 0 radical (unpaired) electrons. The van der Waals surface area contributed by atoms with E-state index in [1.165, 1.54) is 13.0 Å². The van der Waals surface area contributed by atoms with Gasteiger partial charge in [-0.25, -0.2) is 9.36 Å². The summed E-state index contributed by atoms with van der Waals surface area (Å²) < 4.78 is 14.2. The van der Waals surface area contributed by atoms with Crippen molar-refractivity contribution >= 4 is 13.8 Å². The number of rotatable bonds is 5. The van der Waals surface area contributed by atoms with Crippen LogP contribution in [-0.4, -0.2) is 27.5 Å². The highest BCUT2D eigenvalue weighted by atomic mass is 31.2. The van der Waals surface area contributed by atoms with Crippen molar-refractivity contribution in [2.45, 2.75) is 13.3 Å². The molecule has 13 heavy (non-hydrogen) atoms. The second-order valence-corrected chi connectivity index (χ2v) is 3.54. The molecule has 0 aliphatic rings. The first-order valence-corrected chi connectivity index (χ1v) is 4.96. The van der Waals surface area contributed by atoms with Crippen molar-refractivity contribution < 1.29 is 28.8 Å². The Morgan fingerprint density at radius 2 is 2.08 bits per heavy atom. The van der Waals surface area contributed by atoms with Gasteiger partial charge in [0.15, 0.2) is 0 Å². The van der Waals surface area contributed by atoms with E-state index in [1.807, 2.05) is 0 Å². The minimum Gasteiger partial charge on any atom is -0.478 e. The second kappa shape index (κ2) is 5.14. The highest BCUT2D eigenvalue weighted by Gasteiger charge is 2.12. The summed E-state index contributed by atoms with van der Waals surface area (Å²) in [6.45, 7) is 1.19. The maximum absolute atomic E-state index is 10.2. The van der Waals surface area contributed by atoms with E-state index in [4.69, 9.17) is 14.9 Å². The second-order valence-electron chi connectivity index (χ2n) is 2.30. The molecule has 0 heterocycles. The molecule has 0 bridgehead atoms. The number of phosphoric ester groups is 1. The number of hydrogen-bond donors (Lipinski definition) is 3. The summed E-state index contributed by atoms with van der Waals surface area (Å²) in [6.07, 6.45) is 1.49. The molecule has 6 nitrogen and oxygen atoms in total. The lowest BCUT2D eigenvalue weighted by molar-refractivity contribution is -0.132. The Morgan fingerprint density at radius 1 is 1.54 bits per heavy atom. The maximum atomic E-state index is 10.2. The number of carboxylic acid groups (broad SMARTS) is 1. The topological polar surface area (TPSA) is 104 Å². The largest absolute Gasteiger partial charge is 0.478 e. The van der Waals surface area contributed by atoms with Gasteiger partial charge in [-0.15, -0.1) is 0 Å². The molecule has 0 saturated heterocycles. The van der Waals surface area contributed by atoms with E-state index in [0.29, 0.717) is 0 Å². The zero-order chi connectivity index (χ0) is 10.5. The molecule has 0 rings (SSSR count). The Balaban J connectivity index is 3.75. The Labute approximate surface area is 75.1 Å². The van der Waals surface area contributed by atoms with Crippen molar-refractivity contribution in [3.8, 4) is 0 Å². The minimum atomic E-state index is -4.43. The van der Waals surface area contributed by atoms with E-state index in [9.17, 15) is 9.36 Å². The number of phosphoric acid groups is 1. The number of carboxylic acids is 1. The molecule has 0 unspecified atom stereocenters. The molecule has 0 saturated carbocycles. The quantitative estimate of drug-likeness (QED) is 0.347. The first-order chi connectivity index (χ1) is 5.83. The highest BCUT2D eigenvalue weighted by molar-refractivity contribution is 7.46. The van der Waals surface area contributed by atoms with Gasteiger partial charge < -0.3 is 14.9 Å². The predicted molar refractivity (Wildman–Crippen MR) is 44.0 cm³/mol. The molecule has 0 amide bonds. The van der Waals surface area contributed by atoms with Crippen LogP contribution in [0.15, 0.2) is 11.6 Å². The fourth-order valence-corrected chi connectivity index (χ4v) is 0.878. The van der Waals surface area contributed by atoms with Crippen LogP contribution in [0.4, 0.5) is 0 Å². The van der Waals surface area contributed by atoms with Crippen LogP contribution in [0.3, 0.4) is 0 Å². The lowest BCUT2D eigenvalue weighted by Crippen LogP contribution is -1.97. The third kappa shape index (κ3) is 7.67. The molecule has 76 valence electrons. The zero-order valence-corrected chi connectivity index (χ0v) is 7.90. The van der Waals surface area contributed by atoms with Gasteiger partial charge in [0.1, 0.15) is 0 Å². The summed E-state index contributed by atoms with van der Waals surface area (Å²) in [5, 5.41) is 8.38. The predicted octanol–water partition coefficient (Wildman–Crippen LogP) is 0.517. The van der Waals surface area contributed by atoms with Crippen LogP contribution in [0.25, 0.3) is 0 Å². The van der Waals surface area contributed by atoms with Gasteiger partial charge in [-0.2, -0.15) is 0 Å². The van der Waals surface area contributed by atoms with Crippen molar-refractivity contribution in [2.75, 3.05) is 6.61 Å². The first-order valence-electron chi connectivity index (χ1n) is 3.43. The van der Waals surface area contributed by atoms with Crippen LogP contribution >= 0.6 is 7.82 Å². The monoisotopic (exact) mass is 210 g/mol. The highest BCUT2D eigenvalue weighted by Crippen LogP contribution is 2.35. The van der Waals surface area contributed by atoms with Crippen LogP contribution in [-0.2, 0) is 13.9 Å². The molecular weight excluding hydrogens is 199 g/mol. The van der Waals surface area contributed by atoms with E-state index in [0.717, 1.165) is 0 Å². The molecule has 0 aliphatic carbocycles. The average molecular weight is 210 g/mol. The summed E-state index contributed by atoms with van der Waals surface area (Å²) >= 11 is 0. The lowest BCUT2D eigenvalue weighted by Gasteiger charge is -2.02. The normalized spacial score (nSPS) is 13.0. The minimum absolute atomic E-state index is 0.120. The molecule has 0 aromatic rings.